The fourth-order valence-electron chi connectivity index (χ4n) is 8.43. The Balaban J connectivity index is 1.29. The number of fused-ring (bicyclic) bond motifs is 3. The van der Waals surface area contributed by atoms with E-state index in [0.29, 0.717) is 30.4 Å². The number of benzene rings is 2. The van der Waals surface area contributed by atoms with Crippen molar-refractivity contribution in [1.29, 1.82) is 0 Å². The molecule has 1 aliphatic heterocycles. The summed E-state index contributed by atoms with van der Waals surface area (Å²) < 4.78 is 47.0. The maximum Gasteiger partial charge on any atom is 0.337 e. The van der Waals surface area contributed by atoms with Crippen LogP contribution in [0.4, 0.5) is 5.69 Å². The van der Waals surface area contributed by atoms with Crippen LogP contribution in [0.15, 0.2) is 36.4 Å². The molecule has 0 N–H and O–H groups in total. The molecule has 1 heterocycles. The molecule has 6 rings (SSSR count). The Morgan fingerprint density at radius 2 is 1.95 bits per heavy atom. The maximum absolute atomic E-state index is 12.6. The minimum atomic E-state index is -3.50. The van der Waals surface area contributed by atoms with E-state index >= 15 is 0 Å². The lowest BCUT2D eigenvalue weighted by molar-refractivity contribution is -0.0693. The topological polar surface area (TPSA) is 91.4 Å². The smallest absolute Gasteiger partial charge is 0.337 e. The lowest BCUT2D eigenvalue weighted by Crippen LogP contribution is -2.51. The zero-order valence-corrected chi connectivity index (χ0v) is 27.5. The number of aryl methyl sites for hydroxylation is 1. The predicted octanol–water partition coefficient (Wildman–Crippen LogP) is 6.18. The van der Waals surface area contributed by atoms with Crippen LogP contribution in [0.3, 0.4) is 0 Å². The molecule has 2 saturated carbocycles. The summed E-state index contributed by atoms with van der Waals surface area (Å²) in [7, 11) is -0.308. The highest BCUT2D eigenvalue weighted by atomic mass is 35.5. The van der Waals surface area contributed by atoms with Crippen LogP contribution >= 0.6 is 11.6 Å². The highest BCUT2D eigenvalue weighted by Crippen LogP contribution is 2.48. The second kappa shape index (κ2) is 12.8. The first-order valence-electron chi connectivity index (χ1n) is 15.9. The van der Waals surface area contributed by atoms with E-state index < -0.39 is 10.1 Å². The molecule has 8 nitrogen and oxygen atoms in total. The first-order chi connectivity index (χ1) is 21.1. The van der Waals surface area contributed by atoms with Crippen LogP contribution in [0.5, 0.6) is 5.75 Å². The number of anilines is 1. The van der Waals surface area contributed by atoms with Crippen molar-refractivity contribution in [2.45, 2.75) is 75.4 Å². The summed E-state index contributed by atoms with van der Waals surface area (Å²) in [5.74, 6) is 1.40. The number of carbonyl (C=O) groups excluding carboxylic acids is 1. The first-order valence-corrected chi connectivity index (χ1v) is 18.1. The van der Waals surface area contributed by atoms with Gasteiger partial charge in [-0.1, -0.05) is 24.1 Å². The molecule has 0 radical (unpaired) electrons. The normalized spacial score (nSPS) is 29.0. The van der Waals surface area contributed by atoms with Crippen molar-refractivity contribution in [2.24, 2.45) is 17.8 Å². The molecule has 0 bridgehead atoms. The molecule has 2 aromatic rings. The van der Waals surface area contributed by atoms with Gasteiger partial charge in [0, 0.05) is 30.6 Å². The Bertz CT molecular complexity index is 1480. The fourth-order valence-corrected chi connectivity index (χ4v) is 9.29. The van der Waals surface area contributed by atoms with Crippen LogP contribution in [-0.4, -0.2) is 66.8 Å². The average molecular weight is 646 g/mol. The zero-order chi connectivity index (χ0) is 31.1. The van der Waals surface area contributed by atoms with Crippen molar-refractivity contribution in [3.05, 3.63) is 58.1 Å². The highest BCUT2D eigenvalue weighted by Gasteiger charge is 2.46. The summed E-state index contributed by atoms with van der Waals surface area (Å²) in [5.41, 5.74) is 3.81. The number of carbonyl (C=O) groups is 1. The highest BCUT2D eigenvalue weighted by molar-refractivity contribution is 7.86. The van der Waals surface area contributed by atoms with Crippen LogP contribution in [0, 0.1) is 17.8 Å². The third-order valence-electron chi connectivity index (χ3n) is 10.5. The van der Waals surface area contributed by atoms with Gasteiger partial charge in [0.2, 0.25) is 0 Å². The average Bonchev–Trinajstić information content (AvgIpc) is 3.13. The summed E-state index contributed by atoms with van der Waals surface area (Å²) in [6.45, 7) is 2.14. The second-order valence-corrected chi connectivity index (χ2v) is 15.4. The van der Waals surface area contributed by atoms with Crippen molar-refractivity contribution < 1.29 is 31.6 Å². The largest absolute Gasteiger partial charge is 0.490 e. The Labute approximate surface area is 266 Å². The van der Waals surface area contributed by atoms with Crippen LogP contribution in [0.1, 0.15) is 72.9 Å². The van der Waals surface area contributed by atoms with Gasteiger partial charge in [-0.2, -0.15) is 8.42 Å². The molecule has 0 saturated heterocycles. The summed E-state index contributed by atoms with van der Waals surface area (Å²) in [6.07, 6.45) is 9.51. The fraction of sp³-hybridized carbons (Fsp3) is 0.618. The predicted molar refractivity (Wildman–Crippen MR) is 170 cm³/mol. The zero-order valence-electron chi connectivity index (χ0n) is 25.9. The van der Waals surface area contributed by atoms with E-state index in [-0.39, 0.29) is 29.5 Å². The van der Waals surface area contributed by atoms with Crippen molar-refractivity contribution in [3.63, 3.8) is 0 Å². The third-order valence-corrected chi connectivity index (χ3v) is 11.4. The van der Waals surface area contributed by atoms with Gasteiger partial charge in [0.25, 0.3) is 10.1 Å². The number of methoxy groups -OCH3 is 2. The van der Waals surface area contributed by atoms with Gasteiger partial charge in [-0.25, -0.2) is 4.79 Å². The van der Waals surface area contributed by atoms with Gasteiger partial charge >= 0.3 is 5.97 Å². The Kier molecular flexibility index (Phi) is 9.22. The van der Waals surface area contributed by atoms with Gasteiger partial charge in [0.05, 0.1) is 43.4 Å². The number of rotatable bonds is 8. The lowest BCUT2D eigenvalue weighted by atomic mass is 9.65. The summed E-state index contributed by atoms with van der Waals surface area (Å²) in [6, 6.07) is 11.9. The molecule has 6 atom stereocenters. The molecule has 1 unspecified atom stereocenters. The molecule has 240 valence electrons. The van der Waals surface area contributed by atoms with Crippen LogP contribution in [-0.2, 0) is 35.6 Å². The molecule has 0 amide bonds. The number of hydrogen-bond acceptors (Lipinski definition) is 8. The molecular formula is C34H44ClNO7S. The van der Waals surface area contributed by atoms with Gasteiger partial charge in [-0.05, 0) is 111 Å². The molecule has 3 aliphatic carbocycles. The Hall–Kier alpha value is -2.33. The Morgan fingerprint density at radius 3 is 2.68 bits per heavy atom. The van der Waals surface area contributed by atoms with Gasteiger partial charge in [-0.15, -0.1) is 0 Å². The first kappa shape index (κ1) is 31.6. The van der Waals surface area contributed by atoms with Crippen LogP contribution in [0.2, 0.25) is 5.02 Å². The van der Waals surface area contributed by atoms with Crippen LogP contribution in [0.25, 0.3) is 0 Å². The maximum atomic E-state index is 12.6. The number of nitrogens with zero attached hydrogens (tertiary/aromatic N) is 1. The molecule has 10 heteroatoms. The molecule has 1 spiro atoms. The molecular weight excluding hydrogens is 602 g/mol. The monoisotopic (exact) mass is 645 g/mol. The van der Waals surface area contributed by atoms with Gasteiger partial charge < -0.3 is 19.1 Å². The van der Waals surface area contributed by atoms with Gasteiger partial charge in [-0.3, -0.25) is 4.18 Å². The number of ether oxygens (including phenoxy) is 3. The standard InChI is InChI=1S/C34H44ClNO7S/c1-40-32(23-6-4-8-27(17-23)43-44(3,38)39)28-12-9-25(28)19-36-20-34(15-5-7-22-16-26(35)11-13-29(22)34)21-42-31-14-10-24(18-30(31)36)33(37)41-2/h10-11,13-14,16,18,23,25,27-28,32H,4-9,12,15,17,19-21H2,1-3H3/t23-,25+,27+,28-,32+,34?/m1/s1. The van der Waals surface area contributed by atoms with Crippen LogP contribution < -0.4 is 9.64 Å². The molecule has 44 heavy (non-hydrogen) atoms. The second-order valence-electron chi connectivity index (χ2n) is 13.3. The molecule has 0 aromatic heterocycles. The van der Waals surface area contributed by atoms with E-state index in [4.69, 9.17) is 30.0 Å². The minimum absolute atomic E-state index is 0.0373. The van der Waals surface area contributed by atoms with E-state index in [2.05, 4.69) is 17.0 Å². The number of hydrogen-bond donors (Lipinski definition) is 0. The lowest BCUT2D eigenvalue weighted by Gasteiger charge is -2.48. The van der Waals surface area contributed by atoms with Gasteiger partial charge in [0.15, 0.2) is 0 Å². The van der Waals surface area contributed by atoms with E-state index in [1.807, 2.05) is 18.2 Å². The summed E-state index contributed by atoms with van der Waals surface area (Å²) in [4.78, 5) is 15.0. The van der Waals surface area contributed by atoms with E-state index in [1.54, 1.807) is 13.2 Å². The number of esters is 1. The quantitative estimate of drug-likeness (QED) is 0.249. The van der Waals surface area contributed by atoms with E-state index in [9.17, 15) is 13.2 Å². The summed E-state index contributed by atoms with van der Waals surface area (Å²) >= 11 is 6.42. The summed E-state index contributed by atoms with van der Waals surface area (Å²) in [5, 5.41) is 0.757. The SMILES string of the molecule is COC(=O)c1ccc2c(c1)N(C[C@@H]1CC[C@H]1[C@@H](OC)[C@@H]1CCC[C@H](OS(C)(=O)=O)C1)CC1(CCCc3cc(Cl)ccc31)CO2. The van der Waals surface area contributed by atoms with E-state index in [1.165, 1.54) is 18.2 Å². The van der Waals surface area contributed by atoms with E-state index in [0.717, 1.165) is 87.2 Å². The minimum Gasteiger partial charge on any atom is -0.490 e. The number of halogens is 1. The molecule has 4 aliphatic rings. The van der Waals surface area contributed by atoms with Crippen molar-refractivity contribution in [2.75, 3.05) is 45.1 Å². The van der Waals surface area contributed by atoms with Gasteiger partial charge in [0.1, 0.15) is 5.75 Å². The molecule has 2 fully saturated rings. The van der Waals surface area contributed by atoms with Crippen molar-refractivity contribution in [1.82, 2.24) is 0 Å². The Morgan fingerprint density at radius 1 is 1.11 bits per heavy atom. The third kappa shape index (κ3) is 6.48. The van der Waals surface area contributed by atoms with Crippen molar-refractivity contribution >= 4 is 33.4 Å². The molecule has 2 aromatic carbocycles. The van der Waals surface area contributed by atoms with Crippen molar-refractivity contribution in [3.8, 4) is 5.75 Å².